The second-order valence-corrected chi connectivity index (χ2v) is 4.36. The Labute approximate surface area is 129 Å². The number of hydrogen-bond acceptors (Lipinski definition) is 3. The fourth-order valence-electron chi connectivity index (χ4n) is 1.68. The highest BCUT2D eigenvalue weighted by Gasteiger charge is 2.05. The normalized spacial score (nSPS) is 9.60. The zero-order valence-electron chi connectivity index (χ0n) is 10.8. The Hall–Kier alpha value is -1.60. The first-order valence-corrected chi connectivity index (χ1v) is 6.25. The summed E-state index contributed by atoms with van der Waals surface area (Å²) in [5.74, 6) is 4.07. The maximum Gasteiger partial charge on any atom is 0.148 e. The molecule has 0 aliphatic heterocycles. The van der Waals surface area contributed by atoms with Crippen molar-refractivity contribution in [3.63, 3.8) is 0 Å². The number of hydrogen-bond donors (Lipinski definition) is 1. The molecule has 1 heterocycles. The molecule has 1 aromatic heterocycles. The van der Waals surface area contributed by atoms with Crippen LogP contribution in [0.4, 0.5) is 0 Å². The van der Waals surface area contributed by atoms with Gasteiger partial charge in [-0.1, -0.05) is 17.5 Å². The average Bonchev–Trinajstić information content (AvgIpc) is 2.91. The van der Waals surface area contributed by atoms with Crippen LogP contribution in [-0.4, -0.2) is 6.61 Å². The molecule has 0 aliphatic rings. The van der Waals surface area contributed by atoms with Crippen molar-refractivity contribution in [3.8, 4) is 18.1 Å². The first kappa shape index (κ1) is 16.5. The summed E-state index contributed by atoms with van der Waals surface area (Å²) in [6.45, 7) is 1.52. The van der Waals surface area contributed by atoms with Crippen molar-refractivity contribution >= 4 is 24.0 Å². The molecule has 106 valence electrons. The van der Waals surface area contributed by atoms with Crippen LogP contribution in [-0.2, 0) is 13.1 Å². The summed E-state index contributed by atoms with van der Waals surface area (Å²) in [5, 5.41) is 3.93. The number of halogens is 2. The largest absolute Gasteiger partial charge is 0.481 e. The second-order valence-electron chi connectivity index (χ2n) is 3.93. The number of furan rings is 1. The van der Waals surface area contributed by atoms with Gasteiger partial charge in [0.25, 0.3) is 0 Å². The summed E-state index contributed by atoms with van der Waals surface area (Å²) in [5.41, 5.74) is 0.967. The average molecular weight is 312 g/mol. The van der Waals surface area contributed by atoms with Crippen molar-refractivity contribution in [2.75, 3.05) is 6.61 Å². The lowest BCUT2D eigenvalue weighted by atomic mass is 10.2. The highest BCUT2D eigenvalue weighted by atomic mass is 35.5. The molecule has 2 aromatic rings. The first-order valence-electron chi connectivity index (χ1n) is 5.87. The monoisotopic (exact) mass is 311 g/mol. The zero-order chi connectivity index (χ0) is 13.5. The van der Waals surface area contributed by atoms with Gasteiger partial charge in [0.2, 0.25) is 0 Å². The van der Waals surface area contributed by atoms with Gasteiger partial charge in [-0.15, -0.1) is 18.8 Å². The number of benzene rings is 1. The molecule has 0 saturated carbocycles. The van der Waals surface area contributed by atoms with Gasteiger partial charge in [0.1, 0.15) is 18.1 Å². The molecule has 0 amide bonds. The molecule has 2 rings (SSSR count). The Morgan fingerprint density at radius 3 is 2.85 bits per heavy atom. The molecule has 0 unspecified atom stereocenters. The van der Waals surface area contributed by atoms with Crippen molar-refractivity contribution in [2.45, 2.75) is 13.1 Å². The fraction of sp³-hybridized carbons (Fsp3) is 0.200. The summed E-state index contributed by atoms with van der Waals surface area (Å²) in [6.07, 6.45) is 6.84. The van der Waals surface area contributed by atoms with Crippen LogP contribution in [0.5, 0.6) is 5.75 Å². The molecule has 0 atom stereocenters. The van der Waals surface area contributed by atoms with E-state index in [0.29, 0.717) is 18.1 Å². The molecule has 0 fully saturated rings. The van der Waals surface area contributed by atoms with Crippen LogP contribution >= 0.6 is 24.0 Å². The Kier molecular flexibility index (Phi) is 7.03. The summed E-state index contributed by atoms with van der Waals surface area (Å²) >= 11 is 5.99. The van der Waals surface area contributed by atoms with Crippen molar-refractivity contribution in [2.24, 2.45) is 0 Å². The minimum atomic E-state index is 0. The molecule has 1 N–H and O–H groups in total. The molecule has 0 radical (unpaired) electrons. The summed E-state index contributed by atoms with van der Waals surface area (Å²) in [7, 11) is 0. The van der Waals surface area contributed by atoms with E-state index in [1.165, 1.54) is 0 Å². The predicted octanol–water partition coefficient (Wildman–Crippen LogP) is 3.66. The van der Waals surface area contributed by atoms with E-state index < -0.39 is 0 Å². The molecule has 20 heavy (non-hydrogen) atoms. The van der Waals surface area contributed by atoms with Gasteiger partial charge >= 0.3 is 0 Å². The van der Waals surface area contributed by atoms with Crippen LogP contribution < -0.4 is 10.1 Å². The fourth-order valence-corrected chi connectivity index (χ4v) is 1.87. The Balaban J connectivity index is 0.00000200. The smallest absolute Gasteiger partial charge is 0.148 e. The van der Waals surface area contributed by atoms with Gasteiger partial charge in [-0.25, -0.2) is 0 Å². The molecule has 5 heteroatoms. The van der Waals surface area contributed by atoms with Crippen LogP contribution in [0.2, 0.25) is 5.02 Å². The Morgan fingerprint density at radius 2 is 2.15 bits per heavy atom. The highest BCUT2D eigenvalue weighted by Crippen LogP contribution is 2.22. The van der Waals surface area contributed by atoms with E-state index in [-0.39, 0.29) is 19.0 Å². The van der Waals surface area contributed by atoms with E-state index in [4.69, 9.17) is 27.2 Å². The molecule has 0 bridgehead atoms. The zero-order valence-corrected chi connectivity index (χ0v) is 12.3. The predicted molar refractivity (Wildman–Crippen MR) is 82.3 cm³/mol. The maximum atomic E-state index is 5.99. The lowest BCUT2D eigenvalue weighted by Gasteiger charge is -2.10. The standard InChI is InChI=1S/C15H14ClNO2.ClH/c1-2-7-19-15-6-5-13(16)9-12(15)10-17-11-14-4-3-8-18-14;/h1,3-6,8-9,17H,7,10-11H2;1H. The minimum Gasteiger partial charge on any atom is -0.481 e. The topological polar surface area (TPSA) is 34.4 Å². The van der Waals surface area contributed by atoms with Crippen LogP contribution in [0.15, 0.2) is 41.0 Å². The molecular weight excluding hydrogens is 297 g/mol. The third-order valence-electron chi connectivity index (χ3n) is 2.53. The van der Waals surface area contributed by atoms with Crippen molar-refractivity contribution in [1.29, 1.82) is 0 Å². The quantitative estimate of drug-likeness (QED) is 0.827. The lowest BCUT2D eigenvalue weighted by molar-refractivity contribution is 0.364. The third kappa shape index (κ3) is 4.82. The van der Waals surface area contributed by atoms with Crippen LogP contribution in [0.1, 0.15) is 11.3 Å². The van der Waals surface area contributed by atoms with E-state index in [1.54, 1.807) is 12.3 Å². The van der Waals surface area contributed by atoms with Crippen molar-refractivity contribution in [1.82, 2.24) is 5.32 Å². The van der Waals surface area contributed by atoms with Gasteiger partial charge in [-0.05, 0) is 30.3 Å². The van der Waals surface area contributed by atoms with Gasteiger partial charge in [0, 0.05) is 17.1 Å². The number of rotatable bonds is 6. The maximum absolute atomic E-state index is 5.99. The first-order chi connectivity index (χ1) is 9.29. The van der Waals surface area contributed by atoms with E-state index in [9.17, 15) is 0 Å². The summed E-state index contributed by atoms with van der Waals surface area (Å²) in [4.78, 5) is 0. The van der Waals surface area contributed by atoms with Crippen molar-refractivity contribution < 1.29 is 9.15 Å². The van der Waals surface area contributed by atoms with Crippen LogP contribution in [0.3, 0.4) is 0 Å². The van der Waals surface area contributed by atoms with Gasteiger partial charge < -0.3 is 14.5 Å². The van der Waals surface area contributed by atoms with Gasteiger partial charge in [-0.2, -0.15) is 0 Å². The molecular formula is C15H15Cl2NO2. The number of ether oxygens (including phenoxy) is 1. The summed E-state index contributed by atoms with van der Waals surface area (Å²) in [6, 6.07) is 9.24. The van der Waals surface area contributed by atoms with E-state index in [1.807, 2.05) is 24.3 Å². The number of nitrogens with one attached hydrogen (secondary N) is 1. The van der Waals surface area contributed by atoms with Crippen LogP contribution in [0, 0.1) is 12.3 Å². The highest BCUT2D eigenvalue weighted by molar-refractivity contribution is 6.30. The molecule has 0 aliphatic carbocycles. The molecule has 3 nitrogen and oxygen atoms in total. The Morgan fingerprint density at radius 1 is 1.30 bits per heavy atom. The molecule has 0 saturated heterocycles. The van der Waals surface area contributed by atoms with E-state index in [2.05, 4.69) is 11.2 Å². The van der Waals surface area contributed by atoms with E-state index in [0.717, 1.165) is 17.1 Å². The number of terminal acetylenes is 1. The minimum absolute atomic E-state index is 0. The summed E-state index contributed by atoms with van der Waals surface area (Å²) < 4.78 is 10.7. The molecule has 1 aromatic carbocycles. The third-order valence-corrected chi connectivity index (χ3v) is 2.76. The van der Waals surface area contributed by atoms with E-state index >= 15 is 0 Å². The van der Waals surface area contributed by atoms with Crippen molar-refractivity contribution in [3.05, 3.63) is 52.9 Å². The van der Waals surface area contributed by atoms with Crippen LogP contribution in [0.25, 0.3) is 0 Å². The Bertz CT molecular complexity index is 562. The SMILES string of the molecule is C#CCOc1ccc(Cl)cc1CNCc1ccco1.Cl. The van der Waals surface area contributed by atoms with Gasteiger partial charge in [0.15, 0.2) is 0 Å². The lowest BCUT2D eigenvalue weighted by Crippen LogP contribution is -2.13. The van der Waals surface area contributed by atoms with Gasteiger partial charge in [0.05, 0.1) is 12.8 Å². The van der Waals surface area contributed by atoms with Gasteiger partial charge in [-0.3, -0.25) is 0 Å². The second kappa shape index (κ2) is 8.55. The molecule has 0 spiro atoms.